The maximum absolute atomic E-state index is 13.8. The number of rotatable bonds is 1. The third-order valence-electron chi connectivity index (χ3n) is 5.07. The second kappa shape index (κ2) is 4.05. The van der Waals surface area contributed by atoms with Crippen molar-refractivity contribution in [1.82, 2.24) is 0 Å². The van der Waals surface area contributed by atoms with E-state index in [0.29, 0.717) is 42.7 Å². The topological polar surface area (TPSA) is 44.0 Å². The summed E-state index contributed by atoms with van der Waals surface area (Å²) in [6.07, 6.45) is 3.35. The fourth-order valence-electron chi connectivity index (χ4n) is 4.00. The Kier molecular flexibility index (Phi) is 2.69. The number of benzene rings is 1. The Bertz CT molecular complexity index is 564. The zero-order chi connectivity index (χ0) is 13.7. The molecule has 0 heterocycles. The molecule has 0 saturated heterocycles. The summed E-state index contributed by atoms with van der Waals surface area (Å²) in [7, 11) is 0. The smallest absolute Gasteiger partial charge is 0.126 e. The van der Waals surface area contributed by atoms with Crippen LogP contribution in [-0.2, 0) is 12.0 Å². The lowest BCUT2D eigenvalue weighted by Gasteiger charge is -2.38. The van der Waals surface area contributed by atoms with Gasteiger partial charge >= 0.3 is 0 Å². The normalized spacial score (nSPS) is 37.1. The Hall–Kier alpha value is -1.40. The third kappa shape index (κ3) is 1.56. The quantitative estimate of drug-likeness (QED) is 0.841. The molecular weight excluding hydrogens is 241 g/mol. The van der Waals surface area contributed by atoms with E-state index in [9.17, 15) is 14.8 Å². The van der Waals surface area contributed by atoms with Crippen molar-refractivity contribution >= 4 is 0 Å². The van der Waals surface area contributed by atoms with Crippen LogP contribution in [0.25, 0.3) is 0 Å². The number of hydrogen-bond acceptors (Lipinski definition) is 2. The lowest BCUT2D eigenvalue weighted by molar-refractivity contribution is -0.0591. The Morgan fingerprint density at radius 1 is 1.42 bits per heavy atom. The minimum Gasteiger partial charge on any atom is -0.383 e. The first-order chi connectivity index (χ1) is 9.02. The van der Waals surface area contributed by atoms with Crippen LogP contribution in [-0.4, -0.2) is 5.11 Å². The molecule has 3 rings (SSSR count). The molecule has 1 saturated carbocycles. The SMILES string of the molecule is CC1CCC(C#N)(C2(O)CCc3c(F)cccc32)C1. The standard InChI is InChI=1S/C16H18FNO/c1-11-5-7-15(9-11,10-18)16(19)8-6-12-13(16)3-2-4-14(12)17/h2-4,11,19H,5-9H2,1H3. The molecule has 19 heavy (non-hydrogen) atoms. The Balaban J connectivity index is 2.12. The summed E-state index contributed by atoms with van der Waals surface area (Å²) in [6.45, 7) is 2.11. The molecule has 0 bridgehead atoms. The van der Waals surface area contributed by atoms with Crippen LogP contribution in [0.1, 0.15) is 43.7 Å². The highest BCUT2D eigenvalue weighted by Gasteiger charge is 2.57. The van der Waals surface area contributed by atoms with E-state index in [0.717, 1.165) is 6.42 Å². The highest BCUT2D eigenvalue weighted by atomic mass is 19.1. The molecular formula is C16H18FNO. The summed E-state index contributed by atoms with van der Waals surface area (Å²) in [5, 5.41) is 20.8. The van der Waals surface area contributed by atoms with Gasteiger partial charge in [-0.05, 0) is 55.2 Å². The van der Waals surface area contributed by atoms with Crippen molar-refractivity contribution in [2.24, 2.45) is 11.3 Å². The van der Waals surface area contributed by atoms with Gasteiger partial charge in [0.15, 0.2) is 0 Å². The molecule has 1 N–H and O–H groups in total. The van der Waals surface area contributed by atoms with Crippen LogP contribution in [0, 0.1) is 28.5 Å². The van der Waals surface area contributed by atoms with Gasteiger partial charge in [-0.2, -0.15) is 5.26 Å². The van der Waals surface area contributed by atoms with E-state index in [1.807, 2.05) is 0 Å². The average Bonchev–Trinajstić information content (AvgIpc) is 2.95. The predicted octanol–water partition coefficient (Wildman–Crippen LogP) is 3.29. The molecule has 1 aromatic carbocycles. The number of fused-ring (bicyclic) bond motifs is 1. The number of halogens is 1. The van der Waals surface area contributed by atoms with E-state index < -0.39 is 11.0 Å². The molecule has 0 radical (unpaired) electrons. The summed E-state index contributed by atoms with van der Waals surface area (Å²) >= 11 is 0. The number of hydrogen-bond donors (Lipinski definition) is 1. The second-order valence-corrected chi connectivity index (χ2v) is 6.17. The van der Waals surface area contributed by atoms with Gasteiger partial charge in [0, 0.05) is 0 Å². The Morgan fingerprint density at radius 3 is 2.84 bits per heavy atom. The molecule has 3 heteroatoms. The van der Waals surface area contributed by atoms with Gasteiger partial charge in [0.1, 0.15) is 11.4 Å². The van der Waals surface area contributed by atoms with Gasteiger partial charge in [-0.3, -0.25) is 0 Å². The predicted molar refractivity (Wildman–Crippen MR) is 69.7 cm³/mol. The molecule has 0 amide bonds. The lowest BCUT2D eigenvalue weighted by Crippen LogP contribution is -2.42. The molecule has 2 aliphatic rings. The van der Waals surface area contributed by atoms with E-state index in [4.69, 9.17) is 0 Å². The highest BCUT2D eigenvalue weighted by molar-refractivity contribution is 5.42. The van der Waals surface area contributed by atoms with Crippen molar-refractivity contribution in [2.75, 3.05) is 0 Å². The average molecular weight is 259 g/mol. The maximum atomic E-state index is 13.8. The van der Waals surface area contributed by atoms with Gasteiger partial charge in [0.05, 0.1) is 11.5 Å². The molecule has 2 nitrogen and oxygen atoms in total. The zero-order valence-electron chi connectivity index (χ0n) is 11.1. The van der Waals surface area contributed by atoms with Gasteiger partial charge < -0.3 is 5.11 Å². The monoisotopic (exact) mass is 259 g/mol. The van der Waals surface area contributed by atoms with Crippen molar-refractivity contribution in [3.8, 4) is 6.07 Å². The molecule has 3 atom stereocenters. The molecule has 0 aromatic heterocycles. The summed E-state index contributed by atoms with van der Waals surface area (Å²) < 4.78 is 13.8. The van der Waals surface area contributed by atoms with Crippen LogP contribution in [0.5, 0.6) is 0 Å². The maximum Gasteiger partial charge on any atom is 0.126 e. The van der Waals surface area contributed by atoms with Crippen molar-refractivity contribution in [3.63, 3.8) is 0 Å². The molecule has 3 unspecified atom stereocenters. The third-order valence-corrected chi connectivity index (χ3v) is 5.07. The van der Waals surface area contributed by atoms with Gasteiger partial charge in [-0.25, -0.2) is 4.39 Å². The Morgan fingerprint density at radius 2 is 2.21 bits per heavy atom. The molecule has 1 fully saturated rings. The first-order valence-electron chi connectivity index (χ1n) is 6.94. The first-order valence-corrected chi connectivity index (χ1v) is 6.94. The highest BCUT2D eigenvalue weighted by Crippen LogP contribution is 2.57. The van der Waals surface area contributed by atoms with E-state index in [1.54, 1.807) is 12.1 Å². The molecule has 2 aliphatic carbocycles. The van der Waals surface area contributed by atoms with Gasteiger partial charge in [-0.15, -0.1) is 0 Å². The van der Waals surface area contributed by atoms with Crippen LogP contribution < -0.4 is 0 Å². The fraction of sp³-hybridized carbons (Fsp3) is 0.562. The Labute approximate surface area is 112 Å². The fourth-order valence-corrected chi connectivity index (χ4v) is 4.00. The van der Waals surface area contributed by atoms with Gasteiger partial charge in [0.2, 0.25) is 0 Å². The van der Waals surface area contributed by atoms with E-state index in [-0.39, 0.29) is 5.82 Å². The van der Waals surface area contributed by atoms with Gasteiger partial charge in [-0.1, -0.05) is 19.1 Å². The van der Waals surface area contributed by atoms with Crippen LogP contribution >= 0.6 is 0 Å². The first kappa shape index (κ1) is 12.6. The summed E-state index contributed by atoms with van der Waals surface area (Å²) in [5.74, 6) is 0.189. The lowest BCUT2D eigenvalue weighted by atomic mass is 9.68. The van der Waals surface area contributed by atoms with Crippen LogP contribution in [0.4, 0.5) is 4.39 Å². The van der Waals surface area contributed by atoms with E-state index >= 15 is 0 Å². The van der Waals surface area contributed by atoms with Crippen LogP contribution in [0.3, 0.4) is 0 Å². The number of nitrogens with zero attached hydrogens (tertiary/aromatic N) is 1. The van der Waals surface area contributed by atoms with E-state index in [2.05, 4.69) is 13.0 Å². The second-order valence-electron chi connectivity index (χ2n) is 6.17. The van der Waals surface area contributed by atoms with Crippen LogP contribution in [0.2, 0.25) is 0 Å². The summed E-state index contributed by atoms with van der Waals surface area (Å²) in [6, 6.07) is 7.23. The summed E-state index contributed by atoms with van der Waals surface area (Å²) in [4.78, 5) is 0. The summed E-state index contributed by atoms with van der Waals surface area (Å²) in [5.41, 5.74) is -0.683. The molecule has 0 spiro atoms. The van der Waals surface area contributed by atoms with Crippen LogP contribution in [0.15, 0.2) is 18.2 Å². The minimum absolute atomic E-state index is 0.257. The van der Waals surface area contributed by atoms with E-state index in [1.165, 1.54) is 6.07 Å². The van der Waals surface area contributed by atoms with Gasteiger partial charge in [0.25, 0.3) is 0 Å². The molecule has 0 aliphatic heterocycles. The number of aliphatic hydroxyl groups is 1. The molecule has 100 valence electrons. The van der Waals surface area contributed by atoms with Crippen molar-refractivity contribution in [3.05, 3.63) is 35.1 Å². The van der Waals surface area contributed by atoms with Crippen molar-refractivity contribution in [2.45, 2.75) is 44.6 Å². The minimum atomic E-state index is -1.18. The largest absolute Gasteiger partial charge is 0.383 e. The molecule has 1 aromatic rings. The number of nitriles is 1. The van der Waals surface area contributed by atoms with Crippen molar-refractivity contribution < 1.29 is 9.50 Å². The van der Waals surface area contributed by atoms with Crippen molar-refractivity contribution in [1.29, 1.82) is 5.26 Å². The zero-order valence-corrected chi connectivity index (χ0v) is 11.1.